The number of amides is 1. The van der Waals surface area contributed by atoms with Crippen molar-refractivity contribution < 1.29 is 13.2 Å². The van der Waals surface area contributed by atoms with Gasteiger partial charge in [0.2, 0.25) is 5.91 Å². The lowest BCUT2D eigenvalue weighted by molar-refractivity contribution is -0.129. The van der Waals surface area contributed by atoms with E-state index < -0.39 is 21.5 Å². The molecule has 0 aliphatic carbocycles. The van der Waals surface area contributed by atoms with Gasteiger partial charge in [-0.05, 0) is 28.8 Å². The van der Waals surface area contributed by atoms with Gasteiger partial charge in [0.15, 0.2) is 9.84 Å². The Labute approximate surface area is 180 Å². The summed E-state index contributed by atoms with van der Waals surface area (Å²) in [4.78, 5) is 14.6. The van der Waals surface area contributed by atoms with Gasteiger partial charge in [-0.2, -0.15) is 0 Å². The van der Waals surface area contributed by atoms with Gasteiger partial charge < -0.3 is 4.90 Å². The van der Waals surface area contributed by atoms with Crippen LogP contribution in [-0.4, -0.2) is 25.0 Å². The molecular weight excluding hydrogens is 450 g/mol. The lowest BCUT2D eigenvalue weighted by Gasteiger charge is -2.23. The van der Waals surface area contributed by atoms with Gasteiger partial charge in [0.1, 0.15) is 5.75 Å². The standard InChI is InChI=1S/C23H22BrNO3S/c24-22-13-11-21(12-14-22)17-29(27,28)18-23(26)25(15-19-7-3-1-4-8-19)16-20-9-5-2-6-10-20/h1-14H,15-18H2. The molecule has 0 unspecified atom stereocenters. The summed E-state index contributed by atoms with van der Waals surface area (Å²) in [7, 11) is -3.58. The average molecular weight is 472 g/mol. The van der Waals surface area contributed by atoms with Crippen molar-refractivity contribution in [3.63, 3.8) is 0 Å². The molecule has 0 aromatic heterocycles. The molecular formula is C23H22BrNO3S. The topological polar surface area (TPSA) is 54.5 Å². The van der Waals surface area contributed by atoms with Crippen LogP contribution in [0.15, 0.2) is 89.4 Å². The Kier molecular flexibility index (Phi) is 7.23. The molecule has 0 fully saturated rings. The Morgan fingerprint density at radius 3 is 1.69 bits per heavy atom. The fraction of sp³-hybridized carbons (Fsp3) is 0.174. The molecule has 3 aromatic rings. The van der Waals surface area contributed by atoms with Crippen LogP contribution in [0.2, 0.25) is 0 Å². The molecule has 0 saturated carbocycles. The second-order valence-corrected chi connectivity index (χ2v) is 9.86. The van der Waals surface area contributed by atoms with E-state index in [1.54, 1.807) is 29.2 Å². The van der Waals surface area contributed by atoms with Crippen molar-refractivity contribution in [1.29, 1.82) is 0 Å². The highest BCUT2D eigenvalue weighted by Crippen LogP contribution is 2.15. The Morgan fingerprint density at radius 1 is 0.724 bits per heavy atom. The minimum atomic E-state index is -3.58. The van der Waals surface area contributed by atoms with Crippen molar-refractivity contribution >= 4 is 31.7 Å². The second kappa shape index (κ2) is 9.85. The van der Waals surface area contributed by atoms with Gasteiger partial charge in [-0.3, -0.25) is 4.79 Å². The molecule has 0 bridgehead atoms. The van der Waals surface area contributed by atoms with Crippen LogP contribution in [0.25, 0.3) is 0 Å². The number of halogens is 1. The number of carbonyl (C=O) groups excluding carboxylic acids is 1. The number of hydrogen-bond donors (Lipinski definition) is 0. The van der Waals surface area contributed by atoms with Crippen molar-refractivity contribution in [3.05, 3.63) is 106 Å². The van der Waals surface area contributed by atoms with Crippen LogP contribution < -0.4 is 0 Å². The van der Waals surface area contributed by atoms with Crippen LogP contribution in [0.4, 0.5) is 0 Å². The lowest BCUT2D eigenvalue weighted by atomic mass is 10.1. The fourth-order valence-corrected chi connectivity index (χ4v) is 4.63. The number of benzene rings is 3. The molecule has 29 heavy (non-hydrogen) atoms. The highest BCUT2D eigenvalue weighted by Gasteiger charge is 2.23. The smallest absolute Gasteiger partial charge is 0.238 e. The van der Waals surface area contributed by atoms with Crippen LogP contribution in [0.1, 0.15) is 16.7 Å². The molecule has 4 nitrogen and oxygen atoms in total. The summed E-state index contributed by atoms with van der Waals surface area (Å²) in [5.41, 5.74) is 2.59. The van der Waals surface area contributed by atoms with Crippen molar-refractivity contribution in [3.8, 4) is 0 Å². The van der Waals surface area contributed by atoms with E-state index in [0.29, 0.717) is 18.7 Å². The van der Waals surface area contributed by atoms with Gasteiger partial charge in [0.25, 0.3) is 0 Å². The second-order valence-electron chi connectivity index (χ2n) is 6.88. The Balaban J connectivity index is 1.74. The van der Waals surface area contributed by atoms with Gasteiger partial charge in [-0.15, -0.1) is 0 Å². The van der Waals surface area contributed by atoms with E-state index in [2.05, 4.69) is 15.9 Å². The first-order chi connectivity index (χ1) is 13.9. The lowest BCUT2D eigenvalue weighted by Crippen LogP contribution is -2.35. The van der Waals surface area contributed by atoms with Crippen molar-refractivity contribution in [2.75, 3.05) is 5.75 Å². The summed E-state index contributed by atoms with van der Waals surface area (Å²) < 4.78 is 26.2. The van der Waals surface area contributed by atoms with E-state index in [1.807, 2.05) is 60.7 Å². The maximum atomic E-state index is 13.0. The minimum absolute atomic E-state index is 0.156. The normalized spacial score (nSPS) is 11.2. The molecule has 0 radical (unpaired) electrons. The first-order valence-corrected chi connectivity index (χ1v) is 11.8. The van der Waals surface area contributed by atoms with Crippen LogP contribution >= 0.6 is 15.9 Å². The van der Waals surface area contributed by atoms with Crippen LogP contribution in [-0.2, 0) is 33.5 Å². The molecule has 0 aliphatic heterocycles. The zero-order chi connectivity index (χ0) is 20.7. The van der Waals surface area contributed by atoms with Gasteiger partial charge in [0.05, 0.1) is 5.75 Å². The summed E-state index contributed by atoms with van der Waals surface area (Å²) in [6, 6.07) is 26.3. The van der Waals surface area contributed by atoms with Gasteiger partial charge in [-0.25, -0.2) is 8.42 Å². The van der Waals surface area contributed by atoms with E-state index in [1.165, 1.54) is 0 Å². The maximum absolute atomic E-state index is 13.0. The third kappa shape index (κ3) is 6.84. The Hall–Kier alpha value is -2.44. The number of hydrogen-bond acceptors (Lipinski definition) is 3. The highest BCUT2D eigenvalue weighted by atomic mass is 79.9. The van der Waals surface area contributed by atoms with E-state index in [0.717, 1.165) is 15.6 Å². The quantitative estimate of drug-likeness (QED) is 0.482. The van der Waals surface area contributed by atoms with Gasteiger partial charge in [0, 0.05) is 17.6 Å². The molecule has 3 rings (SSSR count). The van der Waals surface area contributed by atoms with E-state index >= 15 is 0 Å². The molecule has 0 heterocycles. The third-order valence-electron chi connectivity index (χ3n) is 4.43. The number of carbonyl (C=O) groups is 1. The summed E-state index contributed by atoms with van der Waals surface area (Å²) >= 11 is 3.34. The van der Waals surface area contributed by atoms with E-state index in [9.17, 15) is 13.2 Å². The Morgan fingerprint density at radius 2 is 1.21 bits per heavy atom. The zero-order valence-corrected chi connectivity index (χ0v) is 18.3. The van der Waals surface area contributed by atoms with E-state index in [-0.39, 0.29) is 5.75 Å². The molecule has 0 spiro atoms. The fourth-order valence-electron chi connectivity index (χ4n) is 3.00. The van der Waals surface area contributed by atoms with E-state index in [4.69, 9.17) is 0 Å². The molecule has 0 aliphatic rings. The number of sulfone groups is 1. The third-order valence-corrected chi connectivity index (χ3v) is 6.42. The molecule has 1 amide bonds. The first kappa shape index (κ1) is 21.3. The summed E-state index contributed by atoms with van der Waals surface area (Å²) in [6.45, 7) is 0.727. The summed E-state index contributed by atoms with van der Waals surface area (Å²) in [5.74, 6) is -1.06. The molecule has 6 heteroatoms. The molecule has 0 saturated heterocycles. The predicted octanol–water partition coefficient (Wildman–Crippen LogP) is 4.59. The molecule has 150 valence electrons. The molecule has 3 aromatic carbocycles. The summed E-state index contributed by atoms with van der Waals surface area (Å²) in [6.07, 6.45) is 0. The van der Waals surface area contributed by atoms with Gasteiger partial charge >= 0.3 is 0 Å². The predicted molar refractivity (Wildman–Crippen MR) is 119 cm³/mol. The van der Waals surface area contributed by atoms with Crippen molar-refractivity contribution in [2.24, 2.45) is 0 Å². The Bertz CT molecular complexity index is 995. The summed E-state index contributed by atoms with van der Waals surface area (Å²) in [5, 5.41) is 0. The zero-order valence-electron chi connectivity index (χ0n) is 15.9. The van der Waals surface area contributed by atoms with Crippen molar-refractivity contribution in [1.82, 2.24) is 4.90 Å². The van der Waals surface area contributed by atoms with Gasteiger partial charge in [-0.1, -0.05) is 88.7 Å². The largest absolute Gasteiger partial charge is 0.333 e. The highest BCUT2D eigenvalue weighted by molar-refractivity contribution is 9.10. The van der Waals surface area contributed by atoms with Crippen LogP contribution in [0.5, 0.6) is 0 Å². The molecule has 0 atom stereocenters. The maximum Gasteiger partial charge on any atom is 0.238 e. The number of rotatable bonds is 8. The minimum Gasteiger partial charge on any atom is -0.333 e. The van der Waals surface area contributed by atoms with Crippen LogP contribution in [0.3, 0.4) is 0 Å². The first-order valence-electron chi connectivity index (χ1n) is 9.22. The van der Waals surface area contributed by atoms with Crippen LogP contribution in [0, 0.1) is 0 Å². The SMILES string of the molecule is O=C(CS(=O)(=O)Cc1ccc(Br)cc1)N(Cc1ccccc1)Cc1ccccc1. The number of nitrogens with zero attached hydrogens (tertiary/aromatic N) is 1. The van der Waals surface area contributed by atoms with Crippen molar-refractivity contribution in [2.45, 2.75) is 18.8 Å². The monoisotopic (exact) mass is 471 g/mol. The molecule has 0 N–H and O–H groups in total. The average Bonchev–Trinajstić information content (AvgIpc) is 2.70.